The molecule has 6 aliphatic carbocycles. The Morgan fingerprint density at radius 3 is 1.96 bits per heavy atom. The Kier molecular flexibility index (Phi) is 27.6. The number of carbonyl (C=O) groups is 4. The standard InChI is InChI=1S/C40H62N7O15S3.5Na/c1-47-27-14-13-24(31-32(27)30(20-9-2-3-10-21(20)35(31)49)33(36(47)50)34(48)18-7-6-8-19(15-18)64(55,56)57)41-25-16-26(29(65(58,59)60)17-28(25)63-62-61-54)43-39-44-38(45-40(53)46-39)42-23-12-5-4-11-22(23)37(51)52;;;;;/h18-29,31-32,38-46,54H,2-17H2,1H3,(H,51,52)(H,55,56,57)(H,58,59,60);;;;;/q-1;5*+1/p-4. The fourth-order valence-electron chi connectivity index (χ4n) is 12.9. The molecule has 0 radical (unpaired) electrons. The van der Waals surface area contributed by atoms with Gasteiger partial charge in [-0.25, -0.2) is 16.8 Å². The molecule has 6 N–H and O–H groups in total. The minimum absolute atomic E-state index is 0. The molecular weight excluding hydrogens is 1030 g/mol. The van der Waals surface area contributed by atoms with Crippen molar-refractivity contribution >= 4 is 55.7 Å². The van der Waals surface area contributed by atoms with E-state index in [2.05, 4.69) is 36.9 Å². The molecule has 0 bridgehead atoms. The van der Waals surface area contributed by atoms with Crippen molar-refractivity contribution in [3.63, 3.8) is 0 Å². The second-order valence-electron chi connectivity index (χ2n) is 19.3. The molecule has 8 aliphatic rings. The molecule has 0 aromatic carbocycles. The van der Waals surface area contributed by atoms with Gasteiger partial charge in [0.1, 0.15) is 18.4 Å². The van der Waals surface area contributed by atoms with Gasteiger partial charge in [0.25, 0.3) is 5.91 Å². The normalized spacial score (nSPS) is 38.7. The molecular formula is C40H58N7Na5O15S3. The number of rotatable bonds is 14. The van der Waals surface area contributed by atoms with Gasteiger partial charge in [-0.15, -0.1) is 0 Å². The number of nitrogens with zero attached hydrogens (tertiary/aromatic N) is 1. The van der Waals surface area contributed by atoms with Gasteiger partial charge in [0.05, 0.1) is 41.6 Å². The van der Waals surface area contributed by atoms with Crippen molar-refractivity contribution in [1.82, 2.24) is 36.8 Å². The van der Waals surface area contributed by atoms with E-state index >= 15 is 0 Å². The number of likely N-dealkylation sites (N-methyl/N-ethyl adjacent to an activating group) is 1. The van der Waals surface area contributed by atoms with Crippen LogP contribution in [0.4, 0.5) is 0 Å². The van der Waals surface area contributed by atoms with Gasteiger partial charge in [-0.2, -0.15) is 4.33 Å². The van der Waals surface area contributed by atoms with Crippen molar-refractivity contribution in [2.45, 2.75) is 168 Å². The molecule has 0 aromatic heterocycles. The Morgan fingerprint density at radius 1 is 0.700 bits per heavy atom. The number of fused-ring (bicyclic) bond motifs is 2. The molecule has 17 atom stereocenters. The fraction of sp³-hybridized carbons (Fsp3) is 0.850. The van der Waals surface area contributed by atoms with Gasteiger partial charge in [0.2, 0.25) is 0 Å². The van der Waals surface area contributed by atoms with Gasteiger partial charge < -0.3 is 39.6 Å². The first-order valence-corrected chi connectivity index (χ1v) is 26.6. The van der Waals surface area contributed by atoms with E-state index in [1.54, 1.807) is 7.05 Å². The average Bonchev–Trinajstić information content (AvgIpc) is 3.25. The van der Waals surface area contributed by atoms with Crippen molar-refractivity contribution in [3.8, 4) is 0 Å². The summed E-state index contributed by atoms with van der Waals surface area (Å²) in [5, 5.41) is 54.3. The Balaban J connectivity index is 0.00000259. The van der Waals surface area contributed by atoms with E-state index in [9.17, 15) is 60.6 Å². The maximum atomic E-state index is 15.0. The summed E-state index contributed by atoms with van der Waals surface area (Å²) in [6, 6.07) is -3.46. The van der Waals surface area contributed by atoms with Crippen molar-refractivity contribution < 1.29 is 218 Å². The average molecular weight is 1090 g/mol. The predicted octanol–water partition coefficient (Wildman–Crippen LogP) is -18.6. The van der Waals surface area contributed by atoms with E-state index in [0.29, 0.717) is 75.4 Å². The summed E-state index contributed by atoms with van der Waals surface area (Å²) in [5.74, 6) is -6.10. The zero-order valence-electron chi connectivity index (χ0n) is 40.9. The Hall–Kier alpha value is 2.79. The number of ketones is 2. The second kappa shape index (κ2) is 28.8. The Bertz CT molecular complexity index is 2110. The van der Waals surface area contributed by atoms with Crippen LogP contribution in [0.2, 0.25) is 0 Å². The van der Waals surface area contributed by atoms with Crippen molar-refractivity contribution in [2.24, 2.45) is 35.5 Å². The molecule has 2 aliphatic heterocycles. The predicted molar refractivity (Wildman–Crippen MR) is 219 cm³/mol. The number of amides is 1. The summed E-state index contributed by atoms with van der Waals surface area (Å²) in [6.07, 6.45) is 2.35. The first-order chi connectivity index (χ1) is 30.8. The largest absolute Gasteiger partial charge is 1.00 e. The molecule has 0 spiro atoms. The topological polar surface area (TPSA) is 346 Å². The second-order valence-corrected chi connectivity index (χ2v) is 23.5. The third-order valence-electron chi connectivity index (χ3n) is 15.9. The number of aliphatic carboxylic acids is 1. The number of nitrogens with one attached hydrogen (secondary N) is 6. The first kappa shape index (κ1) is 67.1. The SMILES string of the molecule is CN1C(=O)C(C(=O)C2CCCC(S(=O)(=O)[O-])C2)=C2C3CCCCC3C(=O)C3C(NC4CC(NC5NC([O-])NC(NC6CCCCC6C(=O)[O-])N5)C(S(=O)(=O)[O-])CC4SOO[O-])CCC1C23.[Na+].[Na+].[Na+].[Na+].[Na+]. The summed E-state index contributed by atoms with van der Waals surface area (Å²) < 4.78 is 79.9. The fourth-order valence-corrected chi connectivity index (χ4v) is 15.8. The molecule has 1 saturated heterocycles. The van der Waals surface area contributed by atoms with Crippen LogP contribution < -0.4 is 195 Å². The summed E-state index contributed by atoms with van der Waals surface area (Å²) >= 11 is 0.533. The van der Waals surface area contributed by atoms with Crippen LogP contribution in [0.1, 0.15) is 103 Å². The van der Waals surface area contributed by atoms with E-state index in [1.165, 1.54) is 4.90 Å². The minimum Gasteiger partial charge on any atom is -0.829 e. The van der Waals surface area contributed by atoms with Crippen LogP contribution in [-0.4, -0.2) is 126 Å². The number of Topliss-reactive ketones (excluding diaryl/α,β-unsaturated/α-hetero) is 2. The zero-order chi connectivity index (χ0) is 46.5. The van der Waals surface area contributed by atoms with Crippen LogP contribution in [0, 0.1) is 35.5 Å². The van der Waals surface area contributed by atoms with E-state index in [0.717, 1.165) is 19.3 Å². The monoisotopic (exact) mass is 1090 g/mol. The number of carboxylic acid groups (broad SMARTS) is 1. The van der Waals surface area contributed by atoms with Crippen molar-refractivity contribution in [2.75, 3.05) is 7.05 Å². The van der Waals surface area contributed by atoms with Gasteiger partial charge in [-0.1, -0.05) is 32.1 Å². The maximum absolute atomic E-state index is 15.0. The quantitative estimate of drug-likeness (QED) is 0.0235. The molecule has 0 aromatic rings. The van der Waals surface area contributed by atoms with Crippen LogP contribution in [0.3, 0.4) is 0 Å². The van der Waals surface area contributed by atoms with Crippen LogP contribution in [0.5, 0.6) is 0 Å². The third-order valence-corrected chi connectivity index (χ3v) is 19.3. The Morgan fingerprint density at radius 2 is 1.33 bits per heavy atom. The van der Waals surface area contributed by atoms with Crippen molar-refractivity contribution in [1.29, 1.82) is 0 Å². The molecule has 17 unspecified atom stereocenters. The summed E-state index contributed by atoms with van der Waals surface area (Å²) in [7, 11) is -8.13. The molecule has 30 heteroatoms. The van der Waals surface area contributed by atoms with Crippen molar-refractivity contribution in [3.05, 3.63) is 11.1 Å². The molecule has 6 saturated carbocycles. The third kappa shape index (κ3) is 15.0. The zero-order valence-corrected chi connectivity index (χ0v) is 53.4. The molecule has 1 amide bonds. The van der Waals surface area contributed by atoms with Gasteiger partial charge in [-0.05, 0) is 88.5 Å². The van der Waals surface area contributed by atoms with Crippen LogP contribution in [-0.2, 0) is 48.8 Å². The minimum atomic E-state index is -5.05. The number of carbonyl (C=O) groups excluding carboxylic acids is 4. The maximum Gasteiger partial charge on any atom is 1.00 e. The molecule has 2 heterocycles. The van der Waals surface area contributed by atoms with Gasteiger partial charge >= 0.3 is 148 Å². The Labute approximate surface area is 524 Å². The number of hydrogen-bond acceptors (Lipinski definition) is 22. The molecule has 7 fully saturated rings. The van der Waals surface area contributed by atoms with Gasteiger partial charge in [0.15, 0.2) is 5.78 Å². The number of hydrogen-bond donors (Lipinski definition) is 6. The van der Waals surface area contributed by atoms with Crippen LogP contribution >= 0.6 is 12.0 Å². The molecule has 8 rings (SSSR count). The molecule has 366 valence electrons. The van der Waals surface area contributed by atoms with Crippen LogP contribution in [0.25, 0.3) is 0 Å². The summed E-state index contributed by atoms with van der Waals surface area (Å²) in [4.78, 5) is 57.4. The van der Waals surface area contributed by atoms with Crippen LogP contribution in [0.15, 0.2) is 11.1 Å². The van der Waals surface area contributed by atoms with E-state index in [-0.39, 0.29) is 191 Å². The molecule has 22 nitrogen and oxygen atoms in total. The van der Waals surface area contributed by atoms with E-state index in [1.807, 2.05) is 0 Å². The van der Waals surface area contributed by atoms with E-state index < -0.39 is 132 Å². The smallest absolute Gasteiger partial charge is 0.829 e. The summed E-state index contributed by atoms with van der Waals surface area (Å²) in [5.41, 5.74) is 0.617. The molecule has 70 heavy (non-hydrogen) atoms. The van der Waals surface area contributed by atoms with Gasteiger partial charge in [0, 0.05) is 84.9 Å². The first-order valence-electron chi connectivity index (χ1n) is 22.9. The number of carboxylic acids is 1. The summed E-state index contributed by atoms with van der Waals surface area (Å²) in [6.45, 7) is 0. The van der Waals surface area contributed by atoms with E-state index in [4.69, 9.17) is 4.33 Å². The van der Waals surface area contributed by atoms with Gasteiger partial charge in [-0.3, -0.25) is 46.0 Å².